The second-order valence-corrected chi connectivity index (χ2v) is 7.51. The van der Waals surface area contributed by atoms with Gasteiger partial charge in [0, 0.05) is 19.9 Å². The Hall–Kier alpha value is -2.09. The Morgan fingerprint density at radius 3 is 2.48 bits per heavy atom. The molecular weight excluding hydrogens is 352 g/mol. The summed E-state index contributed by atoms with van der Waals surface area (Å²) in [6.45, 7) is 6.86. The number of hydrogen-bond acceptors (Lipinski definition) is 7. The topological polar surface area (TPSA) is 83.5 Å². The Labute approximate surface area is 158 Å². The van der Waals surface area contributed by atoms with Gasteiger partial charge in [-0.2, -0.15) is 0 Å². The SMILES string of the molecule is COc1cc(/C=C/C[C@@H]2OC(C)(C)O[C@@H]2CO)c2c(c1)OC(C)(C)OC2=O. The Balaban J connectivity index is 1.85. The van der Waals surface area contributed by atoms with Crippen molar-refractivity contribution in [1.29, 1.82) is 0 Å². The second-order valence-electron chi connectivity index (χ2n) is 7.51. The van der Waals surface area contributed by atoms with Gasteiger partial charge in [0.15, 0.2) is 5.79 Å². The lowest BCUT2D eigenvalue weighted by molar-refractivity contribution is -0.148. The highest BCUT2D eigenvalue weighted by molar-refractivity contribution is 5.98. The van der Waals surface area contributed by atoms with Gasteiger partial charge in [-0.3, -0.25) is 0 Å². The number of hydrogen-bond donors (Lipinski definition) is 1. The standard InChI is InChI=1S/C20H26O7/c1-19(2)24-14(16(11-21)26-19)8-6-7-12-9-13(23-5)10-15-17(12)18(22)27-20(3,4)25-15/h6-7,9-10,14,16,21H,8,11H2,1-5H3/b7-6+/t14-,16+/m0/s1. The first-order valence-electron chi connectivity index (χ1n) is 8.91. The molecule has 7 heteroatoms. The van der Waals surface area contributed by atoms with Gasteiger partial charge < -0.3 is 28.8 Å². The Bertz CT molecular complexity index is 751. The van der Waals surface area contributed by atoms with E-state index in [4.69, 9.17) is 23.7 Å². The Morgan fingerprint density at radius 1 is 1.11 bits per heavy atom. The number of benzene rings is 1. The number of carbonyl (C=O) groups excluding carboxylic acids is 1. The van der Waals surface area contributed by atoms with E-state index in [-0.39, 0.29) is 12.7 Å². The van der Waals surface area contributed by atoms with E-state index in [9.17, 15) is 9.90 Å². The van der Waals surface area contributed by atoms with Crippen LogP contribution in [0.15, 0.2) is 18.2 Å². The maximum atomic E-state index is 12.5. The molecule has 2 atom stereocenters. The number of esters is 1. The largest absolute Gasteiger partial charge is 0.497 e. The van der Waals surface area contributed by atoms with E-state index in [2.05, 4.69) is 0 Å². The van der Waals surface area contributed by atoms with Crippen LogP contribution in [-0.4, -0.2) is 48.6 Å². The van der Waals surface area contributed by atoms with Crippen molar-refractivity contribution in [2.24, 2.45) is 0 Å². The minimum Gasteiger partial charge on any atom is -0.497 e. The van der Waals surface area contributed by atoms with E-state index in [0.29, 0.717) is 29.0 Å². The minimum atomic E-state index is -1.04. The molecule has 0 aliphatic carbocycles. The van der Waals surface area contributed by atoms with Crippen molar-refractivity contribution in [2.75, 3.05) is 13.7 Å². The molecule has 1 aromatic rings. The maximum Gasteiger partial charge on any atom is 0.345 e. The highest BCUT2D eigenvalue weighted by Gasteiger charge is 2.40. The van der Waals surface area contributed by atoms with Gasteiger partial charge in [-0.25, -0.2) is 4.79 Å². The lowest BCUT2D eigenvalue weighted by atomic mass is 10.0. The van der Waals surface area contributed by atoms with Crippen molar-refractivity contribution in [3.8, 4) is 11.5 Å². The van der Waals surface area contributed by atoms with Gasteiger partial charge in [-0.1, -0.05) is 12.2 Å². The zero-order valence-corrected chi connectivity index (χ0v) is 16.3. The van der Waals surface area contributed by atoms with Crippen LogP contribution in [0.25, 0.3) is 6.08 Å². The Kier molecular flexibility index (Phi) is 5.20. The van der Waals surface area contributed by atoms with Crippen LogP contribution in [0.3, 0.4) is 0 Å². The number of ether oxygens (including phenoxy) is 5. The van der Waals surface area contributed by atoms with E-state index in [0.717, 1.165) is 0 Å². The molecule has 0 saturated carbocycles. The summed E-state index contributed by atoms with van der Waals surface area (Å²) in [4.78, 5) is 12.5. The molecule has 0 amide bonds. The summed E-state index contributed by atoms with van der Waals surface area (Å²) in [6.07, 6.45) is 3.53. The van der Waals surface area contributed by atoms with Gasteiger partial charge in [-0.05, 0) is 31.9 Å². The third-order valence-corrected chi connectivity index (χ3v) is 4.37. The third kappa shape index (κ3) is 4.26. The summed E-state index contributed by atoms with van der Waals surface area (Å²) in [7, 11) is 1.55. The fourth-order valence-electron chi connectivity index (χ4n) is 3.31. The van der Waals surface area contributed by atoms with Crippen LogP contribution in [-0.2, 0) is 14.2 Å². The van der Waals surface area contributed by atoms with Crippen LogP contribution < -0.4 is 9.47 Å². The van der Waals surface area contributed by atoms with Gasteiger partial charge in [0.2, 0.25) is 5.79 Å². The smallest absolute Gasteiger partial charge is 0.345 e. The summed E-state index contributed by atoms with van der Waals surface area (Å²) in [6, 6.07) is 3.42. The molecule has 148 valence electrons. The number of aliphatic hydroxyl groups is 1. The van der Waals surface area contributed by atoms with E-state index >= 15 is 0 Å². The molecule has 3 rings (SSSR count). The summed E-state index contributed by atoms with van der Waals surface area (Å²) in [5, 5.41) is 9.47. The average molecular weight is 378 g/mol. The first-order chi connectivity index (χ1) is 12.6. The predicted octanol–water partition coefficient (Wildman–Crippen LogP) is 2.90. The number of carbonyl (C=O) groups is 1. The molecule has 0 spiro atoms. The van der Waals surface area contributed by atoms with Crippen molar-refractivity contribution in [2.45, 2.75) is 57.9 Å². The van der Waals surface area contributed by atoms with Gasteiger partial charge in [0.05, 0.1) is 19.8 Å². The fraction of sp³-hybridized carbons (Fsp3) is 0.550. The van der Waals surface area contributed by atoms with Crippen LogP contribution >= 0.6 is 0 Å². The van der Waals surface area contributed by atoms with Crippen LogP contribution in [0.4, 0.5) is 0 Å². The fourth-order valence-corrected chi connectivity index (χ4v) is 3.31. The molecule has 1 saturated heterocycles. The number of methoxy groups -OCH3 is 1. The zero-order chi connectivity index (χ0) is 19.8. The molecule has 0 aromatic heterocycles. The van der Waals surface area contributed by atoms with Crippen LogP contribution in [0.5, 0.6) is 11.5 Å². The van der Waals surface area contributed by atoms with E-state index in [1.54, 1.807) is 39.2 Å². The molecule has 0 radical (unpaired) electrons. The molecule has 0 bridgehead atoms. The van der Waals surface area contributed by atoms with E-state index in [1.807, 2.05) is 19.9 Å². The van der Waals surface area contributed by atoms with Gasteiger partial charge >= 0.3 is 5.97 Å². The maximum absolute atomic E-state index is 12.5. The van der Waals surface area contributed by atoms with Gasteiger partial charge in [-0.15, -0.1) is 0 Å². The normalized spacial score (nSPS) is 25.8. The molecule has 2 aliphatic heterocycles. The number of rotatable bonds is 5. The van der Waals surface area contributed by atoms with Gasteiger partial charge in [0.1, 0.15) is 23.2 Å². The lowest BCUT2D eigenvalue weighted by Gasteiger charge is -2.32. The molecule has 1 N–H and O–H groups in total. The van der Waals surface area contributed by atoms with Crippen LogP contribution in [0.2, 0.25) is 0 Å². The molecule has 1 aromatic carbocycles. The minimum absolute atomic E-state index is 0.119. The van der Waals surface area contributed by atoms with Crippen LogP contribution in [0.1, 0.15) is 50.0 Å². The molecule has 2 aliphatic rings. The van der Waals surface area contributed by atoms with Crippen molar-refractivity contribution in [3.63, 3.8) is 0 Å². The zero-order valence-electron chi connectivity index (χ0n) is 16.3. The predicted molar refractivity (Wildman–Crippen MR) is 97.7 cm³/mol. The molecule has 7 nitrogen and oxygen atoms in total. The van der Waals surface area contributed by atoms with Crippen molar-refractivity contribution in [3.05, 3.63) is 29.3 Å². The average Bonchev–Trinajstić information content (AvgIpc) is 2.86. The summed E-state index contributed by atoms with van der Waals surface area (Å²) in [5.41, 5.74) is 0.984. The van der Waals surface area contributed by atoms with E-state index < -0.39 is 23.6 Å². The number of fused-ring (bicyclic) bond motifs is 1. The highest BCUT2D eigenvalue weighted by atomic mass is 16.8. The molecular formula is C20H26O7. The molecule has 27 heavy (non-hydrogen) atoms. The lowest BCUT2D eigenvalue weighted by Crippen LogP contribution is -2.39. The quantitative estimate of drug-likeness (QED) is 0.789. The summed E-state index contributed by atoms with van der Waals surface area (Å²) < 4.78 is 27.9. The molecule has 1 fully saturated rings. The summed E-state index contributed by atoms with van der Waals surface area (Å²) in [5.74, 6) is -1.21. The monoisotopic (exact) mass is 378 g/mol. The van der Waals surface area contributed by atoms with Crippen LogP contribution in [0, 0.1) is 0 Å². The first-order valence-corrected chi connectivity index (χ1v) is 8.91. The first kappa shape index (κ1) is 19.7. The van der Waals surface area contributed by atoms with Crippen molar-refractivity contribution < 1.29 is 33.6 Å². The van der Waals surface area contributed by atoms with Gasteiger partial charge in [0.25, 0.3) is 0 Å². The summed E-state index contributed by atoms with van der Waals surface area (Å²) >= 11 is 0. The number of cyclic esters (lactones) is 1. The number of aliphatic hydroxyl groups excluding tert-OH is 1. The highest BCUT2D eigenvalue weighted by Crippen LogP contribution is 2.37. The Morgan fingerprint density at radius 2 is 1.81 bits per heavy atom. The second kappa shape index (κ2) is 7.14. The van der Waals surface area contributed by atoms with Crippen molar-refractivity contribution >= 4 is 12.0 Å². The van der Waals surface area contributed by atoms with E-state index in [1.165, 1.54) is 0 Å². The van der Waals surface area contributed by atoms with Crippen molar-refractivity contribution in [1.82, 2.24) is 0 Å². The molecule has 0 unspecified atom stereocenters. The molecule has 2 heterocycles. The third-order valence-electron chi connectivity index (χ3n) is 4.37.